The number of alkyl halides is 3. The minimum atomic E-state index is -4.22. The van der Waals surface area contributed by atoms with Gasteiger partial charge in [0.15, 0.2) is 5.13 Å². The average molecular weight is 361 g/mol. The van der Waals surface area contributed by atoms with Gasteiger partial charge < -0.3 is 10.1 Å². The molecular weight excluding hydrogens is 347 g/mol. The number of hydrogen-bond acceptors (Lipinski definition) is 6. The van der Waals surface area contributed by atoms with E-state index in [1.807, 2.05) is 0 Å². The number of aromatic nitrogens is 2. The lowest BCUT2D eigenvalue weighted by Gasteiger charge is -2.16. The number of rotatable bonds is 4. The first-order valence-corrected chi connectivity index (χ1v) is 8.99. The normalized spacial score (nSPS) is 19.4. The zero-order chi connectivity index (χ0) is 16.1. The first-order valence-electron chi connectivity index (χ1n) is 7.30. The first-order chi connectivity index (χ1) is 11.0. The monoisotopic (exact) mass is 361 g/mol. The van der Waals surface area contributed by atoms with Crippen molar-refractivity contribution in [1.29, 1.82) is 0 Å². The summed E-state index contributed by atoms with van der Waals surface area (Å²) in [5, 5.41) is 6.03. The lowest BCUT2D eigenvalue weighted by molar-refractivity contribution is -0.161. The van der Waals surface area contributed by atoms with E-state index in [9.17, 15) is 13.2 Å². The standard InChI is InChI=1S/C14H14F3N3OS2/c15-14(16,17)13(2-3-13)10-7-22-12(20-10)18-5-11-19-8-1-4-21-6-9(8)23-11/h7H,1-6H2,(H,18,20). The van der Waals surface area contributed by atoms with Crippen LogP contribution in [0, 0.1) is 0 Å². The molecule has 1 aliphatic heterocycles. The Morgan fingerprint density at radius 1 is 1.30 bits per heavy atom. The maximum Gasteiger partial charge on any atom is 0.399 e. The SMILES string of the molecule is FC(F)(F)C1(c2csc(NCc3nc4c(s3)COCC4)n2)CC1. The van der Waals surface area contributed by atoms with Gasteiger partial charge in [0.05, 0.1) is 36.0 Å². The Kier molecular flexibility index (Phi) is 3.62. The Hall–Kier alpha value is -1.19. The number of fused-ring (bicyclic) bond motifs is 1. The number of anilines is 1. The molecule has 1 aliphatic carbocycles. The van der Waals surface area contributed by atoms with Crippen LogP contribution in [-0.4, -0.2) is 22.8 Å². The summed E-state index contributed by atoms with van der Waals surface area (Å²) >= 11 is 2.80. The van der Waals surface area contributed by atoms with Crippen molar-refractivity contribution < 1.29 is 17.9 Å². The van der Waals surface area contributed by atoms with Crippen molar-refractivity contribution in [2.45, 2.75) is 44.0 Å². The van der Waals surface area contributed by atoms with Crippen LogP contribution in [0.2, 0.25) is 0 Å². The summed E-state index contributed by atoms with van der Waals surface area (Å²) in [5.41, 5.74) is -0.489. The summed E-state index contributed by atoms with van der Waals surface area (Å²) in [6.45, 7) is 1.77. The van der Waals surface area contributed by atoms with Gasteiger partial charge in [-0.25, -0.2) is 9.97 Å². The van der Waals surface area contributed by atoms with Crippen molar-refractivity contribution >= 4 is 27.8 Å². The Balaban J connectivity index is 1.43. The molecule has 124 valence electrons. The summed E-state index contributed by atoms with van der Waals surface area (Å²) in [4.78, 5) is 9.83. The van der Waals surface area contributed by atoms with E-state index in [4.69, 9.17) is 4.74 Å². The van der Waals surface area contributed by atoms with E-state index in [2.05, 4.69) is 15.3 Å². The molecular formula is C14H14F3N3OS2. The Labute approximate surface area is 138 Å². The zero-order valence-corrected chi connectivity index (χ0v) is 13.7. The highest BCUT2D eigenvalue weighted by molar-refractivity contribution is 7.13. The number of halogens is 3. The predicted octanol–water partition coefficient (Wildman–Crippen LogP) is 3.88. The van der Waals surface area contributed by atoms with E-state index in [0.29, 0.717) is 24.9 Å². The highest BCUT2D eigenvalue weighted by Gasteiger charge is 2.65. The van der Waals surface area contributed by atoms with Crippen LogP contribution in [0.1, 0.15) is 34.1 Å². The number of hydrogen-bond donors (Lipinski definition) is 1. The molecule has 1 fully saturated rings. The lowest BCUT2D eigenvalue weighted by atomic mass is 10.0. The van der Waals surface area contributed by atoms with Gasteiger partial charge in [-0.3, -0.25) is 0 Å². The van der Waals surface area contributed by atoms with Gasteiger partial charge >= 0.3 is 6.18 Å². The largest absolute Gasteiger partial charge is 0.399 e. The highest BCUT2D eigenvalue weighted by Crippen LogP contribution is 2.59. The summed E-state index contributed by atoms with van der Waals surface area (Å²) in [7, 11) is 0. The summed E-state index contributed by atoms with van der Waals surface area (Å²) < 4.78 is 44.7. The van der Waals surface area contributed by atoms with E-state index in [1.165, 1.54) is 16.7 Å². The molecule has 0 saturated heterocycles. The molecule has 0 radical (unpaired) electrons. The molecule has 2 aliphatic rings. The molecule has 1 saturated carbocycles. The van der Waals surface area contributed by atoms with Gasteiger partial charge in [-0.15, -0.1) is 22.7 Å². The maximum atomic E-state index is 13.1. The van der Waals surface area contributed by atoms with E-state index in [-0.39, 0.29) is 18.5 Å². The smallest absolute Gasteiger partial charge is 0.375 e. The first kappa shape index (κ1) is 15.3. The zero-order valence-electron chi connectivity index (χ0n) is 12.1. The fourth-order valence-electron chi connectivity index (χ4n) is 2.69. The molecule has 0 atom stereocenters. The van der Waals surface area contributed by atoms with Crippen LogP contribution >= 0.6 is 22.7 Å². The Bertz CT molecular complexity index is 698. The second-order valence-corrected chi connectivity index (χ2v) is 7.78. The molecule has 3 heterocycles. The molecule has 0 aromatic carbocycles. The van der Waals surface area contributed by atoms with Crippen LogP contribution < -0.4 is 5.32 Å². The van der Waals surface area contributed by atoms with Gasteiger partial charge in [0.1, 0.15) is 10.4 Å². The molecule has 0 bridgehead atoms. The summed E-state index contributed by atoms with van der Waals surface area (Å²) in [6.07, 6.45) is -3.12. The molecule has 23 heavy (non-hydrogen) atoms. The topological polar surface area (TPSA) is 47.0 Å². The molecule has 4 nitrogen and oxygen atoms in total. The van der Waals surface area contributed by atoms with E-state index >= 15 is 0 Å². The third kappa shape index (κ3) is 2.74. The van der Waals surface area contributed by atoms with Crippen LogP contribution in [0.15, 0.2) is 5.38 Å². The van der Waals surface area contributed by atoms with Crippen LogP contribution in [0.5, 0.6) is 0 Å². The van der Waals surface area contributed by atoms with Crippen molar-refractivity contribution in [2.75, 3.05) is 11.9 Å². The molecule has 0 spiro atoms. The maximum absolute atomic E-state index is 13.1. The van der Waals surface area contributed by atoms with Crippen LogP contribution in [0.25, 0.3) is 0 Å². The molecule has 4 rings (SSSR count). The van der Waals surface area contributed by atoms with Gasteiger partial charge in [0.25, 0.3) is 0 Å². The second-order valence-electron chi connectivity index (χ2n) is 5.75. The van der Waals surface area contributed by atoms with Crippen LogP contribution in [0.4, 0.5) is 18.3 Å². The highest BCUT2D eigenvalue weighted by atomic mass is 32.1. The minimum absolute atomic E-state index is 0.138. The van der Waals surface area contributed by atoms with Crippen LogP contribution in [-0.2, 0) is 29.7 Å². The molecule has 2 aromatic heterocycles. The fraction of sp³-hybridized carbons (Fsp3) is 0.571. The van der Waals surface area contributed by atoms with Crippen LogP contribution in [0.3, 0.4) is 0 Å². The quantitative estimate of drug-likeness (QED) is 0.898. The predicted molar refractivity (Wildman–Crippen MR) is 81.9 cm³/mol. The minimum Gasteiger partial charge on any atom is -0.375 e. The molecule has 9 heteroatoms. The van der Waals surface area contributed by atoms with Gasteiger partial charge in [-0.1, -0.05) is 0 Å². The molecule has 0 unspecified atom stereocenters. The Morgan fingerprint density at radius 2 is 2.13 bits per heavy atom. The lowest BCUT2D eigenvalue weighted by Crippen LogP contribution is -2.28. The van der Waals surface area contributed by atoms with Crippen molar-refractivity contribution in [3.8, 4) is 0 Å². The molecule has 2 aromatic rings. The Morgan fingerprint density at radius 3 is 2.83 bits per heavy atom. The third-order valence-corrected chi connectivity index (χ3v) is 6.09. The van der Waals surface area contributed by atoms with Crippen molar-refractivity contribution in [3.63, 3.8) is 0 Å². The number of ether oxygens (including phenoxy) is 1. The van der Waals surface area contributed by atoms with Gasteiger partial charge in [0.2, 0.25) is 0 Å². The summed E-state index contributed by atoms with van der Waals surface area (Å²) in [5.74, 6) is 0. The average Bonchev–Trinajstić information content (AvgIpc) is 3.04. The molecule has 1 N–H and O–H groups in total. The van der Waals surface area contributed by atoms with Crippen molar-refractivity contribution in [3.05, 3.63) is 26.7 Å². The van der Waals surface area contributed by atoms with Gasteiger partial charge in [0, 0.05) is 11.8 Å². The number of thiazole rings is 2. The van der Waals surface area contributed by atoms with E-state index in [1.54, 1.807) is 11.3 Å². The number of nitrogens with zero attached hydrogens (tertiary/aromatic N) is 2. The van der Waals surface area contributed by atoms with Gasteiger partial charge in [-0.05, 0) is 12.8 Å². The van der Waals surface area contributed by atoms with Crippen molar-refractivity contribution in [2.24, 2.45) is 0 Å². The third-order valence-electron chi connectivity index (χ3n) is 4.22. The van der Waals surface area contributed by atoms with Gasteiger partial charge in [-0.2, -0.15) is 13.2 Å². The second kappa shape index (κ2) is 5.42. The fourth-order valence-corrected chi connectivity index (χ4v) is 4.49. The van der Waals surface area contributed by atoms with Crippen molar-refractivity contribution in [1.82, 2.24) is 9.97 Å². The van der Waals surface area contributed by atoms with E-state index in [0.717, 1.165) is 22.0 Å². The van der Waals surface area contributed by atoms with E-state index < -0.39 is 11.6 Å². The summed E-state index contributed by atoms with van der Waals surface area (Å²) in [6, 6.07) is 0. The molecule has 0 amide bonds. The number of nitrogens with one attached hydrogen (secondary N) is 1.